The molecule has 0 bridgehead atoms. The molecule has 100 valence electrons. The molecule has 1 aliphatic rings. The van der Waals surface area contributed by atoms with Gasteiger partial charge in [-0.15, -0.1) is 0 Å². The van der Waals surface area contributed by atoms with Gasteiger partial charge in [0.25, 0.3) is 0 Å². The Morgan fingerprint density at radius 3 is 3.00 bits per heavy atom. The standard InChI is InChI=1S/C15H22BrNO/c1-11(5-7-17-2)3-4-12-9-14(16)10-13-6-8-18-15(12)13/h9-11,17H,3-8H2,1-2H3. The van der Waals surface area contributed by atoms with Gasteiger partial charge >= 0.3 is 0 Å². The molecular formula is C15H22BrNO. The molecular weight excluding hydrogens is 290 g/mol. The maximum atomic E-state index is 5.76. The SMILES string of the molecule is CNCCC(C)CCc1cc(Br)cc2c1OCC2. The summed E-state index contributed by atoms with van der Waals surface area (Å²) in [6.45, 7) is 4.28. The molecule has 1 aromatic rings. The van der Waals surface area contributed by atoms with Gasteiger partial charge in [-0.2, -0.15) is 0 Å². The molecule has 0 saturated carbocycles. The van der Waals surface area contributed by atoms with Crippen LogP contribution in [0.25, 0.3) is 0 Å². The van der Waals surface area contributed by atoms with E-state index < -0.39 is 0 Å². The fourth-order valence-electron chi connectivity index (χ4n) is 2.47. The average Bonchev–Trinajstić information content (AvgIpc) is 2.81. The monoisotopic (exact) mass is 311 g/mol. The number of hydrogen-bond donors (Lipinski definition) is 1. The van der Waals surface area contributed by atoms with Gasteiger partial charge in [0.15, 0.2) is 0 Å². The number of rotatable bonds is 6. The van der Waals surface area contributed by atoms with Crippen LogP contribution in [-0.2, 0) is 12.8 Å². The second-order valence-electron chi connectivity index (χ2n) is 5.19. The van der Waals surface area contributed by atoms with E-state index in [9.17, 15) is 0 Å². The second kappa shape index (κ2) is 6.58. The van der Waals surface area contributed by atoms with E-state index in [1.54, 1.807) is 0 Å². The number of fused-ring (bicyclic) bond motifs is 1. The lowest BCUT2D eigenvalue weighted by Crippen LogP contribution is -2.12. The number of benzene rings is 1. The van der Waals surface area contributed by atoms with Crippen LogP contribution in [0.5, 0.6) is 5.75 Å². The third-order valence-corrected chi connectivity index (χ3v) is 4.08. The summed E-state index contributed by atoms with van der Waals surface area (Å²) in [6, 6.07) is 4.41. The van der Waals surface area contributed by atoms with Crippen LogP contribution in [0.4, 0.5) is 0 Å². The molecule has 3 heteroatoms. The number of hydrogen-bond acceptors (Lipinski definition) is 2. The zero-order chi connectivity index (χ0) is 13.0. The molecule has 0 amide bonds. The topological polar surface area (TPSA) is 21.3 Å². The van der Waals surface area contributed by atoms with E-state index in [4.69, 9.17) is 4.74 Å². The first-order valence-electron chi connectivity index (χ1n) is 6.79. The van der Waals surface area contributed by atoms with Crippen LogP contribution in [0.15, 0.2) is 16.6 Å². The van der Waals surface area contributed by atoms with Crippen molar-refractivity contribution in [1.82, 2.24) is 5.32 Å². The minimum absolute atomic E-state index is 0.758. The highest BCUT2D eigenvalue weighted by Crippen LogP contribution is 2.34. The summed E-state index contributed by atoms with van der Waals surface area (Å²) in [5.74, 6) is 1.91. The summed E-state index contributed by atoms with van der Waals surface area (Å²) in [5.41, 5.74) is 2.73. The Labute approximate surface area is 118 Å². The van der Waals surface area contributed by atoms with Gasteiger partial charge < -0.3 is 10.1 Å². The number of ether oxygens (including phenoxy) is 1. The van der Waals surface area contributed by atoms with Gasteiger partial charge in [-0.05, 0) is 62.0 Å². The highest BCUT2D eigenvalue weighted by molar-refractivity contribution is 9.10. The Hall–Kier alpha value is -0.540. The van der Waals surface area contributed by atoms with Gasteiger partial charge in [0, 0.05) is 10.9 Å². The Bertz CT molecular complexity index is 406. The minimum atomic E-state index is 0.758. The molecule has 0 aromatic heterocycles. The lowest BCUT2D eigenvalue weighted by atomic mass is 9.96. The van der Waals surface area contributed by atoms with Crippen LogP contribution in [0.3, 0.4) is 0 Å². The Kier molecular flexibility index (Phi) is 5.07. The first kappa shape index (κ1) is 13.9. The van der Waals surface area contributed by atoms with Crippen LogP contribution < -0.4 is 10.1 Å². The van der Waals surface area contributed by atoms with Gasteiger partial charge in [0.1, 0.15) is 5.75 Å². The fourth-order valence-corrected chi connectivity index (χ4v) is 3.02. The Morgan fingerprint density at radius 2 is 2.22 bits per heavy atom. The predicted octanol–water partition coefficient (Wildman–Crippen LogP) is 3.56. The molecule has 1 heterocycles. The van der Waals surface area contributed by atoms with E-state index >= 15 is 0 Å². The fraction of sp³-hybridized carbons (Fsp3) is 0.600. The molecule has 1 aliphatic heterocycles. The summed E-state index contributed by atoms with van der Waals surface area (Å²) in [7, 11) is 2.02. The highest BCUT2D eigenvalue weighted by Gasteiger charge is 2.17. The first-order valence-corrected chi connectivity index (χ1v) is 7.58. The molecule has 1 unspecified atom stereocenters. The first-order chi connectivity index (χ1) is 8.70. The molecule has 18 heavy (non-hydrogen) atoms. The molecule has 1 N–H and O–H groups in total. The average molecular weight is 312 g/mol. The molecule has 2 rings (SSSR count). The third-order valence-electron chi connectivity index (χ3n) is 3.62. The normalized spacial score (nSPS) is 15.3. The summed E-state index contributed by atoms with van der Waals surface area (Å²) in [4.78, 5) is 0. The summed E-state index contributed by atoms with van der Waals surface area (Å²) < 4.78 is 6.95. The zero-order valence-electron chi connectivity index (χ0n) is 11.3. The van der Waals surface area contributed by atoms with E-state index in [0.717, 1.165) is 37.7 Å². The largest absolute Gasteiger partial charge is 0.493 e. The molecule has 0 radical (unpaired) electrons. The summed E-state index contributed by atoms with van der Waals surface area (Å²) in [6.07, 6.45) is 4.64. The zero-order valence-corrected chi connectivity index (χ0v) is 12.8. The lowest BCUT2D eigenvalue weighted by molar-refractivity contribution is 0.352. The number of aryl methyl sites for hydroxylation is 1. The third kappa shape index (κ3) is 3.48. The van der Waals surface area contributed by atoms with Gasteiger partial charge in [0.05, 0.1) is 6.61 Å². The van der Waals surface area contributed by atoms with Crippen molar-refractivity contribution in [2.45, 2.75) is 32.6 Å². The van der Waals surface area contributed by atoms with Gasteiger partial charge in [-0.1, -0.05) is 22.9 Å². The smallest absolute Gasteiger partial charge is 0.125 e. The molecule has 0 spiro atoms. The Morgan fingerprint density at radius 1 is 1.39 bits per heavy atom. The molecule has 2 nitrogen and oxygen atoms in total. The summed E-state index contributed by atoms with van der Waals surface area (Å²) >= 11 is 3.60. The van der Waals surface area contributed by atoms with Crippen molar-refractivity contribution in [3.63, 3.8) is 0 Å². The van der Waals surface area contributed by atoms with E-state index in [-0.39, 0.29) is 0 Å². The maximum absolute atomic E-state index is 5.76. The van der Waals surface area contributed by atoms with Gasteiger partial charge in [-0.3, -0.25) is 0 Å². The second-order valence-corrected chi connectivity index (χ2v) is 6.10. The van der Waals surface area contributed by atoms with Crippen LogP contribution in [0.1, 0.15) is 30.9 Å². The van der Waals surface area contributed by atoms with Crippen molar-refractivity contribution < 1.29 is 4.74 Å². The van der Waals surface area contributed by atoms with Crippen molar-refractivity contribution in [3.05, 3.63) is 27.7 Å². The van der Waals surface area contributed by atoms with Crippen LogP contribution in [0, 0.1) is 5.92 Å². The summed E-state index contributed by atoms with van der Waals surface area (Å²) in [5, 5.41) is 3.22. The van der Waals surface area contributed by atoms with Crippen molar-refractivity contribution in [3.8, 4) is 5.75 Å². The molecule has 1 aromatic carbocycles. The van der Waals surface area contributed by atoms with Gasteiger partial charge in [0.2, 0.25) is 0 Å². The Balaban J connectivity index is 1.97. The minimum Gasteiger partial charge on any atom is -0.493 e. The van der Waals surface area contributed by atoms with Crippen LogP contribution in [-0.4, -0.2) is 20.2 Å². The molecule has 0 aliphatic carbocycles. The number of halogens is 1. The quantitative estimate of drug-likeness (QED) is 0.867. The van der Waals surface area contributed by atoms with Crippen LogP contribution >= 0.6 is 15.9 Å². The maximum Gasteiger partial charge on any atom is 0.125 e. The predicted molar refractivity (Wildman–Crippen MR) is 79.4 cm³/mol. The van der Waals surface area contributed by atoms with Crippen molar-refractivity contribution >= 4 is 15.9 Å². The van der Waals surface area contributed by atoms with Crippen molar-refractivity contribution in [2.24, 2.45) is 5.92 Å². The van der Waals surface area contributed by atoms with Crippen LogP contribution in [0.2, 0.25) is 0 Å². The highest BCUT2D eigenvalue weighted by atomic mass is 79.9. The molecule has 0 fully saturated rings. The van der Waals surface area contributed by atoms with Crippen molar-refractivity contribution in [1.29, 1.82) is 0 Å². The van der Waals surface area contributed by atoms with Gasteiger partial charge in [-0.25, -0.2) is 0 Å². The van der Waals surface area contributed by atoms with E-state index in [2.05, 4.69) is 40.3 Å². The molecule has 0 saturated heterocycles. The van der Waals surface area contributed by atoms with E-state index in [1.807, 2.05) is 7.05 Å². The van der Waals surface area contributed by atoms with Crippen molar-refractivity contribution in [2.75, 3.05) is 20.2 Å². The number of nitrogens with one attached hydrogen (secondary N) is 1. The van der Waals surface area contributed by atoms with E-state index in [0.29, 0.717) is 0 Å². The van der Waals surface area contributed by atoms with E-state index in [1.165, 1.54) is 28.4 Å². The molecule has 1 atom stereocenters. The lowest BCUT2D eigenvalue weighted by Gasteiger charge is -2.13.